The fourth-order valence-corrected chi connectivity index (χ4v) is 4.50. The molecule has 1 aromatic rings. The van der Waals surface area contributed by atoms with Crippen LogP contribution < -0.4 is 10.0 Å². The molecule has 1 unspecified atom stereocenters. The molecule has 1 fully saturated rings. The van der Waals surface area contributed by atoms with E-state index in [1.54, 1.807) is 12.1 Å². The molecule has 1 heterocycles. The number of halogens is 2. The molecule has 20 heavy (non-hydrogen) atoms. The maximum absolute atomic E-state index is 12.2. The Labute approximate surface area is 135 Å². The van der Waals surface area contributed by atoms with Crippen molar-refractivity contribution in [2.45, 2.75) is 24.7 Å². The van der Waals surface area contributed by atoms with Gasteiger partial charge in [0.1, 0.15) is 0 Å². The van der Waals surface area contributed by atoms with E-state index in [0.717, 1.165) is 31.5 Å². The van der Waals surface area contributed by atoms with Crippen LogP contribution >= 0.6 is 28.3 Å². The van der Waals surface area contributed by atoms with Crippen LogP contribution in [0.1, 0.15) is 18.4 Å². The summed E-state index contributed by atoms with van der Waals surface area (Å²) in [4.78, 5) is 0.308. The van der Waals surface area contributed by atoms with Gasteiger partial charge in [0.2, 0.25) is 10.0 Å². The Morgan fingerprint density at radius 2 is 2.20 bits per heavy atom. The highest BCUT2D eigenvalue weighted by molar-refractivity contribution is 9.10. The number of hydrogen-bond donors (Lipinski definition) is 2. The molecule has 4 nitrogen and oxygen atoms in total. The normalized spacial score (nSPS) is 18.8. The standard InChI is InChI=1S/C13H19BrN2O2S.ClH/c1-10-2-3-13(12(14)8-10)19(17,18)16-7-5-11-4-6-15-9-11;/h2-3,8,11,15-16H,4-7,9H2,1H3;1H. The van der Waals surface area contributed by atoms with Gasteiger partial charge in [0.05, 0.1) is 4.90 Å². The van der Waals surface area contributed by atoms with E-state index in [1.165, 1.54) is 0 Å². The summed E-state index contributed by atoms with van der Waals surface area (Å²) < 4.78 is 27.7. The molecule has 0 amide bonds. The third-order valence-corrected chi connectivity index (χ3v) is 5.82. The van der Waals surface area contributed by atoms with Gasteiger partial charge in [0.15, 0.2) is 0 Å². The molecule has 1 aliphatic rings. The smallest absolute Gasteiger partial charge is 0.241 e. The van der Waals surface area contributed by atoms with E-state index in [4.69, 9.17) is 0 Å². The van der Waals surface area contributed by atoms with Crippen molar-refractivity contribution in [3.63, 3.8) is 0 Å². The molecule has 114 valence electrons. The molecule has 1 aromatic carbocycles. The van der Waals surface area contributed by atoms with Crippen LogP contribution in [0.5, 0.6) is 0 Å². The molecule has 2 rings (SSSR count). The number of benzene rings is 1. The first-order valence-corrected chi connectivity index (χ1v) is 8.73. The third-order valence-electron chi connectivity index (χ3n) is 3.38. The predicted octanol–water partition coefficient (Wildman–Crippen LogP) is 2.46. The van der Waals surface area contributed by atoms with Gasteiger partial charge in [-0.15, -0.1) is 12.4 Å². The third kappa shape index (κ3) is 4.70. The van der Waals surface area contributed by atoms with Crippen molar-refractivity contribution in [3.8, 4) is 0 Å². The van der Waals surface area contributed by atoms with E-state index >= 15 is 0 Å². The lowest BCUT2D eigenvalue weighted by molar-refractivity contribution is 0.519. The average Bonchev–Trinajstić information content (AvgIpc) is 2.81. The number of hydrogen-bond acceptors (Lipinski definition) is 3. The van der Waals surface area contributed by atoms with E-state index in [1.807, 2.05) is 13.0 Å². The summed E-state index contributed by atoms with van der Waals surface area (Å²) in [5.74, 6) is 0.587. The van der Waals surface area contributed by atoms with Crippen LogP contribution in [0.15, 0.2) is 27.6 Å². The topological polar surface area (TPSA) is 58.2 Å². The zero-order valence-electron chi connectivity index (χ0n) is 11.4. The van der Waals surface area contributed by atoms with Crippen molar-refractivity contribution in [1.29, 1.82) is 0 Å². The molecule has 0 radical (unpaired) electrons. The van der Waals surface area contributed by atoms with Gasteiger partial charge in [0.25, 0.3) is 0 Å². The van der Waals surface area contributed by atoms with Crippen molar-refractivity contribution in [1.82, 2.24) is 10.0 Å². The van der Waals surface area contributed by atoms with E-state index in [9.17, 15) is 8.42 Å². The Hall–Kier alpha value is -0.140. The second-order valence-electron chi connectivity index (χ2n) is 4.98. The monoisotopic (exact) mass is 382 g/mol. The quantitative estimate of drug-likeness (QED) is 0.821. The first kappa shape index (κ1) is 17.9. The van der Waals surface area contributed by atoms with Crippen LogP contribution in [0.2, 0.25) is 0 Å². The molecule has 0 saturated carbocycles. The van der Waals surface area contributed by atoms with Gasteiger partial charge in [-0.25, -0.2) is 13.1 Å². The molecule has 1 saturated heterocycles. The zero-order valence-corrected chi connectivity index (χ0v) is 14.6. The molecular weight excluding hydrogens is 364 g/mol. The van der Waals surface area contributed by atoms with E-state index in [2.05, 4.69) is 26.0 Å². The van der Waals surface area contributed by atoms with Gasteiger partial charge < -0.3 is 5.32 Å². The lowest BCUT2D eigenvalue weighted by Gasteiger charge is -2.11. The van der Waals surface area contributed by atoms with Crippen molar-refractivity contribution >= 4 is 38.4 Å². The Balaban J connectivity index is 0.00000200. The summed E-state index contributed by atoms with van der Waals surface area (Å²) in [5, 5.41) is 3.28. The Morgan fingerprint density at radius 3 is 2.80 bits per heavy atom. The molecular formula is C13H20BrClN2O2S. The zero-order chi connectivity index (χ0) is 13.9. The fraction of sp³-hybridized carbons (Fsp3) is 0.538. The predicted molar refractivity (Wildman–Crippen MR) is 86.9 cm³/mol. The van der Waals surface area contributed by atoms with Gasteiger partial charge in [-0.1, -0.05) is 6.07 Å². The summed E-state index contributed by atoms with van der Waals surface area (Å²) in [6.07, 6.45) is 2.02. The van der Waals surface area contributed by atoms with Gasteiger partial charge in [-0.05, 0) is 72.4 Å². The highest BCUT2D eigenvalue weighted by Crippen LogP contribution is 2.23. The Kier molecular flexibility index (Phi) is 6.94. The summed E-state index contributed by atoms with van der Waals surface area (Å²) in [6.45, 7) is 4.47. The highest BCUT2D eigenvalue weighted by Gasteiger charge is 2.19. The minimum absolute atomic E-state index is 0. The van der Waals surface area contributed by atoms with Crippen LogP contribution in [0, 0.1) is 12.8 Å². The SMILES string of the molecule is Cc1ccc(S(=O)(=O)NCCC2CCNC2)c(Br)c1.Cl. The van der Waals surface area contributed by atoms with Crippen LogP contribution in [-0.2, 0) is 10.0 Å². The van der Waals surface area contributed by atoms with Gasteiger partial charge in [-0.2, -0.15) is 0 Å². The lowest BCUT2D eigenvalue weighted by atomic mass is 10.1. The minimum atomic E-state index is -3.42. The van der Waals surface area contributed by atoms with E-state index in [0.29, 0.717) is 21.8 Å². The maximum Gasteiger partial charge on any atom is 0.241 e. The summed E-state index contributed by atoms with van der Waals surface area (Å²) >= 11 is 3.31. The van der Waals surface area contributed by atoms with Crippen LogP contribution in [-0.4, -0.2) is 28.1 Å². The molecule has 0 aromatic heterocycles. The van der Waals surface area contributed by atoms with Crippen LogP contribution in [0.3, 0.4) is 0 Å². The minimum Gasteiger partial charge on any atom is -0.316 e. The van der Waals surface area contributed by atoms with E-state index < -0.39 is 10.0 Å². The highest BCUT2D eigenvalue weighted by atomic mass is 79.9. The summed E-state index contributed by atoms with van der Waals surface area (Å²) in [5.41, 5.74) is 1.03. The van der Waals surface area contributed by atoms with Crippen molar-refractivity contribution in [2.75, 3.05) is 19.6 Å². The first-order valence-electron chi connectivity index (χ1n) is 6.45. The molecule has 0 aliphatic carbocycles. The van der Waals surface area contributed by atoms with Crippen molar-refractivity contribution in [2.24, 2.45) is 5.92 Å². The maximum atomic E-state index is 12.2. The number of sulfonamides is 1. The molecule has 0 bridgehead atoms. The van der Waals surface area contributed by atoms with Crippen LogP contribution in [0.25, 0.3) is 0 Å². The number of nitrogens with one attached hydrogen (secondary N) is 2. The second kappa shape index (κ2) is 7.75. The van der Waals surface area contributed by atoms with Crippen molar-refractivity contribution < 1.29 is 8.42 Å². The van der Waals surface area contributed by atoms with Crippen LogP contribution in [0.4, 0.5) is 0 Å². The van der Waals surface area contributed by atoms with E-state index in [-0.39, 0.29) is 12.4 Å². The second-order valence-corrected chi connectivity index (χ2v) is 7.57. The van der Waals surface area contributed by atoms with Gasteiger partial charge in [-0.3, -0.25) is 0 Å². The van der Waals surface area contributed by atoms with Gasteiger partial charge >= 0.3 is 0 Å². The molecule has 1 aliphatic heterocycles. The lowest BCUT2D eigenvalue weighted by Crippen LogP contribution is -2.27. The first-order chi connectivity index (χ1) is 8.99. The number of rotatable bonds is 5. The molecule has 1 atom stereocenters. The number of aryl methyl sites for hydroxylation is 1. The average molecular weight is 384 g/mol. The van der Waals surface area contributed by atoms with Gasteiger partial charge in [0, 0.05) is 11.0 Å². The Morgan fingerprint density at radius 1 is 1.45 bits per heavy atom. The van der Waals surface area contributed by atoms with Crippen molar-refractivity contribution in [3.05, 3.63) is 28.2 Å². The largest absolute Gasteiger partial charge is 0.316 e. The molecule has 0 spiro atoms. The Bertz CT molecular complexity index is 545. The molecule has 7 heteroatoms. The fourth-order valence-electron chi connectivity index (χ4n) is 2.26. The molecule has 2 N–H and O–H groups in total. The summed E-state index contributed by atoms with van der Waals surface area (Å²) in [7, 11) is -3.42. The summed E-state index contributed by atoms with van der Waals surface area (Å²) in [6, 6.07) is 5.26.